The summed E-state index contributed by atoms with van der Waals surface area (Å²) < 4.78 is 26.9. The molecule has 118 valence electrons. The number of anilines is 2. The van der Waals surface area contributed by atoms with Crippen molar-refractivity contribution < 1.29 is 8.42 Å². The molecule has 1 aromatic carbocycles. The summed E-state index contributed by atoms with van der Waals surface area (Å²) in [4.78, 5) is 4.11. The van der Waals surface area contributed by atoms with Crippen molar-refractivity contribution in [1.82, 2.24) is 9.29 Å². The van der Waals surface area contributed by atoms with Crippen LogP contribution in [-0.2, 0) is 10.2 Å². The van der Waals surface area contributed by atoms with Crippen LogP contribution in [0.25, 0.3) is 0 Å². The average Bonchev–Trinajstić information content (AvgIpc) is 2.49. The fourth-order valence-electron chi connectivity index (χ4n) is 1.84. The number of hydrogen-bond acceptors (Lipinski definition) is 4. The van der Waals surface area contributed by atoms with Gasteiger partial charge in [-0.2, -0.15) is 12.7 Å². The molecule has 1 aromatic heterocycles. The molecule has 2 rings (SSSR count). The molecule has 0 saturated carbocycles. The van der Waals surface area contributed by atoms with E-state index in [0.717, 1.165) is 9.99 Å². The van der Waals surface area contributed by atoms with Gasteiger partial charge < -0.3 is 5.32 Å². The molecule has 2 N–H and O–H groups in total. The maximum absolute atomic E-state index is 11.7. The van der Waals surface area contributed by atoms with Crippen molar-refractivity contribution in [2.24, 2.45) is 0 Å². The summed E-state index contributed by atoms with van der Waals surface area (Å²) in [6, 6.07) is 13.6. The van der Waals surface area contributed by atoms with Gasteiger partial charge in [-0.25, -0.2) is 4.98 Å². The maximum atomic E-state index is 11.7. The van der Waals surface area contributed by atoms with Crippen LogP contribution in [-0.4, -0.2) is 31.8 Å². The standard InChI is InChI=1S/C15H20N4O2S/c1-12(13-7-5-4-6-8-13)17-14-9-10-15(16-11-14)18-22(20,21)19(2)3/h4-12,17H,1-3H3,(H,16,18). The second-order valence-electron chi connectivity index (χ2n) is 5.10. The molecule has 0 bridgehead atoms. The molecular formula is C15H20N4O2S. The van der Waals surface area contributed by atoms with Gasteiger partial charge in [0.25, 0.3) is 0 Å². The molecule has 1 unspecified atom stereocenters. The van der Waals surface area contributed by atoms with Crippen LogP contribution in [0.4, 0.5) is 11.5 Å². The predicted molar refractivity (Wildman–Crippen MR) is 88.9 cm³/mol. The molecular weight excluding hydrogens is 300 g/mol. The van der Waals surface area contributed by atoms with Gasteiger partial charge in [0.1, 0.15) is 5.82 Å². The Balaban J connectivity index is 2.04. The first-order valence-corrected chi connectivity index (χ1v) is 8.30. The lowest BCUT2D eigenvalue weighted by molar-refractivity contribution is 0.526. The molecule has 7 heteroatoms. The topological polar surface area (TPSA) is 74.3 Å². The molecule has 1 atom stereocenters. The van der Waals surface area contributed by atoms with Gasteiger partial charge in [-0.1, -0.05) is 30.3 Å². The van der Waals surface area contributed by atoms with Gasteiger partial charge in [-0.3, -0.25) is 4.72 Å². The Morgan fingerprint density at radius 1 is 1.09 bits per heavy atom. The predicted octanol–water partition coefficient (Wildman–Crippen LogP) is 2.47. The molecule has 0 amide bonds. The van der Waals surface area contributed by atoms with Gasteiger partial charge in [-0.05, 0) is 24.6 Å². The zero-order valence-corrected chi connectivity index (χ0v) is 13.6. The number of rotatable bonds is 6. The second-order valence-corrected chi connectivity index (χ2v) is 6.98. The molecule has 2 aromatic rings. The van der Waals surface area contributed by atoms with Crippen LogP contribution >= 0.6 is 0 Å². The summed E-state index contributed by atoms with van der Waals surface area (Å²) in [6.45, 7) is 2.05. The van der Waals surface area contributed by atoms with Crippen LogP contribution in [0.5, 0.6) is 0 Å². The first-order valence-electron chi connectivity index (χ1n) is 6.86. The fraction of sp³-hybridized carbons (Fsp3) is 0.267. The van der Waals surface area contributed by atoms with Gasteiger partial charge in [0.15, 0.2) is 0 Å². The Hall–Kier alpha value is -2.12. The minimum Gasteiger partial charge on any atom is -0.377 e. The third-order valence-corrected chi connectivity index (χ3v) is 4.59. The van der Waals surface area contributed by atoms with Crippen molar-refractivity contribution >= 4 is 21.7 Å². The van der Waals surface area contributed by atoms with Crippen LogP contribution in [0.1, 0.15) is 18.5 Å². The van der Waals surface area contributed by atoms with Crippen molar-refractivity contribution in [1.29, 1.82) is 0 Å². The van der Waals surface area contributed by atoms with Crippen molar-refractivity contribution in [2.45, 2.75) is 13.0 Å². The number of nitrogens with zero attached hydrogens (tertiary/aromatic N) is 2. The highest BCUT2D eigenvalue weighted by molar-refractivity contribution is 7.90. The van der Waals surface area contributed by atoms with Gasteiger partial charge in [0.05, 0.1) is 11.9 Å². The third kappa shape index (κ3) is 4.19. The van der Waals surface area contributed by atoms with Crippen LogP contribution in [0.15, 0.2) is 48.7 Å². The van der Waals surface area contributed by atoms with E-state index in [4.69, 9.17) is 0 Å². The molecule has 0 saturated heterocycles. The van der Waals surface area contributed by atoms with Crippen molar-refractivity contribution in [3.05, 3.63) is 54.2 Å². The second kappa shape index (κ2) is 6.76. The first-order chi connectivity index (χ1) is 10.4. The Morgan fingerprint density at radius 3 is 2.32 bits per heavy atom. The minimum atomic E-state index is -3.53. The molecule has 6 nitrogen and oxygen atoms in total. The third-order valence-electron chi connectivity index (χ3n) is 3.16. The smallest absolute Gasteiger partial charge is 0.302 e. The van der Waals surface area contributed by atoms with Crippen LogP contribution in [0.3, 0.4) is 0 Å². The van der Waals surface area contributed by atoms with E-state index in [0.29, 0.717) is 0 Å². The zero-order valence-electron chi connectivity index (χ0n) is 12.8. The van der Waals surface area contributed by atoms with E-state index in [-0.39, 0.29) is 11.9 Å². The van der Waals surface area contributed by atoms with E-state index in [9.17, 15) is 8.42 Å². The van der Waals surface area contributed by atoms with Crippen LogP contribution < -0.4 is 10.0 Å². The highest BCUT2D eigenvalue weighted by atomic mass is 32.2. The largest absolute Gasteiger partial charge is 0.377 e. The summed E-state index contributed by atoms with van der Waals surface area (Å²) >= 11 is 0. The van der Waals surface area contributed by atoms with E-state index in [2.05, 4.69) is 21.9 Å². The quantitative estimate of drug-likeness (QED) is 0.857. The molecule has 0 spiro atoms. The van der Waals surface area contributed by atoms with Gasteiger partial charge in [0, 0.05) is 20.1 Å². The molecule has 0 fully saturated rings. The lowest BCUT2D eigenvalue weighted by Gasteiger charge is -2.16. The Labute approximate surface area is 131 Å². The molecule has 0 aliphatic carbocycles. The van der Waals surface area contributed by atoms with E-state index < -0.39 is 10.2 Å². The molecule has 0 aliphatic heterocycles. The van der Waals surface area contributed by atoms with Crippen LogP contribution in [0, 0.1) is 0 Å². The summed E-state index contributed by atoms with van der Waals surface area (Å²) in [5.41, 5.74) is 1.99. The summed E-state index contributed by atoms with van der Waals surface area (Å²) in [7, 11) is -0.613. The number of benzene rings is 1. The zero-order chi connectivity index (χ0) is 16.2. The molecule has 0 aliphatic rings. The monoisotopic (exact) mass is 320 g/mol. The number of nitrogens with one attached hydrogen (secondary N) is 2. The summed E-state index contributed by atoms with van der Waals surface area (Å²) in [5, 5.41) is 3.32. The van der Waals surface area contributed by atoms with Gasteiger partial charge >= 0.3 is 10.2 Å². The van der Waals surface area contributed by atoms with E-state index in [1.807, 2.05) is 30.3 Å². The lowest BCUT2D eigenvalue weighted by atomic mass is 10.1. The maximum Gasteiger partial charge on any atom is 0.302 e. The summed E-state index contributed by atoms with van der Waals surface area (Å²) in [6.07, 6.45) is 1.60. The van der Waals surface area contributed by atoms with E-state index >= 15 is 0 Å². The average molecular weight is 320 g/mol. The van der Waals surface area contributed by atoms with E-state index in [1.54, 1.807) is 18.3 Å². The van der Waals surface area contributed by atoms with Gasteiger partial charge in [-0.15, -0.1) is 0 Å². The molecule has 0 radical (unpaired) electrons. The van der Waals surface area contributed by atoms with Crippen LogP contribution in [0.2, 0.25) is 0 Å². The van der Waals surface area contributed by atoms with Gasteiger partial charge in [0.2, 0.25) is 0 Å². The first kappa shape index (κ1) is 16.3. The molecule has 1 heterocycles. The Morgan fingerprint density at radius 2 is 1.77 bits per heavy atom. The number of pyridine rings is 1. The Kier molecular flexibility index (Phi) is 4.99. The molecule has 22 heavy (non-hydrogen) atoms. The summed E-state index contributed by atoms with van der Waals surface area (Å²) in [5.74, 6) is 0.284. The van der Waals surface area contributed by atoms with Crippen molar-refractivity contribution in [3.63, 3.8) is 0 Å². The highest BCUT2D eigenvalue weighted by Gasteiger charge is 2.13. The Bertz CT molecular complexity index is 700. The van der Waals surface area contributed by atoms with Crippen molar-refractivity contribution in [2.75, 3.05) is 24.1 Å². The van der Waals surface area contributed by atoms with Crippen molar-refractivity contribution in [3.8, 4) is 0 Å². The lowest BCUT2D eigenvalue weighted by Crippen LogP contribution is -2.29. The fourth-order valence-corrected chi connectivity index (χ4v) is 2.41. The SMILES string of the molecule is CC(Nc1ccc(NS(=O)(=O)N(C)C)nc1)c1ccccc1. The highest BCUT2D eigenvalue weighted by Crippen LogP contribution is 2.19. The number of hydrogen-bond donors (Lipinski definition) is 2. The van der Waals surface area contributed by atoms with E-state index in [1.165, 1.54) is 19.7 Å². The number of aromatic nitrogens is 1. The minimum absolute atomic E-state index is 0.132. The normalized spacial score (nSPS) is 12.9.